The summed E-state index contributed by atoms with van der Waals surface area (Å²) in [5, 5.41) is 0. The third-order valence-corrected chi connectivity index (χ3v) is 3.26. The lowest BCUT2D eigenvalue weighted by Gasteiger charge is -2.13. The molecule has 0 spiro atoms. The summed E-state index contributed by atoms with van der Waals surface area (Å²) in [6, 6.07) is 5.93. The first-order chi connectivity index (χ1) is 9.56. The van der Waals surface area contributed by atoms with E-state index in [1.165, 1.54) is 0 Å². The van der Waals surface area contributed by atoms with Gasteiger partial charge < -0.3 is 15.0 Å². The molecule has 1 unspecified atom stereocenters. The molecule has 4 nitrogen and oxygen atoms in total. The zero-order valence-electron chi connectivity index (χ0n) is 12.5. The minimum Gasteiger partial charge on any atom is -0.494 e. The first-order valence-corrected chi connectivity index (χ1v) is 7.09. The minimum atomic E-state index is -0.0581. The van der Waals surface area contributed by atoms with Crippen molar-refractivity contribution in [3.05, 3.63) is 36.2 Å². The molecule has 4 heteroatoms. The molecule has 0 amide bonds. The summed E-state index contributed by atoms with van der Waals surface area (Å²) in [6.45, 7) is 11.5. The summed E-state index contributed by atoms with van der Waals surface area (Å²) in [4.78, 5) is 4.70. The largest absolute Gasteiger partial charge is 0.494 e. The molecule has 1 aromatic carbocycles. The molecule has 1 atom stereocenters. The molecule has 0 bridgehead atoms. The van der Waals surface area contributed by atoms with E-state index in [-0.39, 0.29) is 6.04 Å². The molecule has 2 rings (SSSR count). The van der Waals surface area contributed by atoms with Gasteiger partial charge in [-0.25, -0.2) is 4.98 Å². The van der Waals surface area contributed by atoms with Crippen molar-refractivity contribution < 1.29 is 4.74 Å². The minimum absolute atomic E-state index is 0.0581. The first-order valence-electron chi connectivity index (χ1n) is 7.09. The van der Waals surface area contributed by atoms with Gasteiger partial charge in [-0.3, -0.25) is 0 Å². The van der Waals surface area contributed by atoms with Gasteiger partial charge in [0, 0.05) is 12.6 Å². The Labute approximate surface area is 120 Å². The number of nitrogens with zero attached hydrogens (tertiary/aromatic N) is 2. The Morgan fingerprint density at radius 2 is 2.20 bits per heavy atom. The van der Waals surface area contributed by atoms with Crippen LogP contribution < -0.4 is 10.5 Å². The average Bonchev–Trinajstić information content (AvgIpc) is 2.76. The van der Waals surface area contributed by atoms with Crippen LogP contribution >= 0.6 is 0 Å². The number of fused-ring (bicyclic) bond motifs is 1. The van der Waals surface area contributed by atoms with Gasteiger partial charge in [-0.1, -0.05) is 19.1 Å². The van der Waals surface area contributed by atoms with Crippen molar-refractivity contribution in [2.24, 2.45) is 5.73 Å². The van der Waals surface area contributed by atoms with E-state index in [1.807, 2.05) is 32.0 Å². The van der Waals surface area contributed by atoms with E-state index in [2.05, 4.69) is 18.1 Å². The van der Waals surface area contributed by atoms with Gasteiger partial charge in [-0.05, 0) is 32.4 Å². The van der Waals surface area contributed by atoms with Crippen molar-refractivity contribution in [2.45, 2.75) is 39.8 Å². The highest BCUT2D eigenvalue weighted by Gasteiger charge is 2.16. The number of imidazole rings is 1. The predicted octanol–water partition coefficient (Wildman–Crippen LogP) is 3.42. The molecule has 0 radical (unpaired) electrons. The fraction of sp³-hybridized carbons (Fsp3) is 0.438. The molecule has 20 heavy (non-hydrogen) atoms. The van der Waals surface area contributed by atoms with Gasteiger partial charge in [0.05, 0.1) is 23.7 Å². The van der Waals surface area contributed by atoms with Crippen LogP contribution in [-0.2, 0) is 6.54 Å². The maximum absolute atomic E-state index is 6.19. The van der Waals surface area contributed by atoms with Gasteiger partial charge in [-0.15, -0.1) is 0 Å². The highest BCUT2D eigenvalue weighted by molar-refractivity contribution is 5.78. The smallest absolute Gasteiger partial charge is 0.127 e. The highest BCUT2D eigenvalue weighted by Crippen LogP contribution is 2.25. The van der Waals surface area contributed by atoms with Crippen LogP contribution in [0.15, 0.2) is 30.4 Å². The van der Waals surface area contributed by atoms with Gasteiger partial charge >= 0.3 is 0 Å². The Hall–Kier alpha value is -1.81. The van der Waals surface area contributed by atoms with Gasteiger partial charge in [0.25, 0.3) is 0 Å². The number of ether oxygens (including phenoxy) is 1. The van der Waals surface area contributed by atoms with Crippen LogP contribution in [0.3, 0.4) is 0 Å². The van der Waals surface area contributed by atoms with E-state index in [4.69, 9.17) is 15.5 Å². The van der Waals surface area contributed by atoms with Crippen LogP contribution in [0.1, 0.15) is 39.1 Å². The topological polar surface area (TPSA) is 53.1 Å². The second-order valence-corrected chi connectivity index (χ2v) is 5.11. The van der Waals surface area contributed by atoms with Crippen molar-refractivity contribution in [3.8, 4) is 5.75 Å². The summed E-state index contributed by atoms with van der Waals surface area (Å²) >= 11 is 0. The Morgan fingerprint density at radius 1 is 1.45 bits per heavy atom. The molecule has 1 heterocycles. The Kier molecular flexibility index (Phi) is 4.45. The third-order valence-electron chi connectivity index (χ3n) is 3.26. The van der Waals surface area contributed by atoms with Crippen LogP contribution in [0.4, 0.5) is 0 Å². The van der Waals surface area contributed by atoms with Gasteiger partial charge in [0.2, 0.25) is 0 Å². The fourth-order valence-electron chi connectivity index (χ4n) is 2.29. The fourth-order valence-corrected chi connectivity index (χ4v) is 2.29. The van der Waals surface area contributed by atoms with Crippen molar-refractivity contribution in [3.63, 3.8) is 0 Å². The van der Waals surface area contributed by atoms with Crippen LogP contribution in [0, 0.1) is 0 Å². The maximum atomic E-state index is 6.19. The average molecular weight is 273 g/mol. The SMILES string of the molecule is C=C(C)Cn1c(C(N)CC)nc2cc(OCC)ccc21. The number of hydrogen-bond acceptors (Lipinski definition) is 3. The van der Waals surface area contributed by atoms with E-state index in [9.17, 15) is 0 Å². The molecule has 108 valence electrons. The Morgan fingerprint density at radius 3 is 2.80 bits per heavy atom. The molecule has 1 aromatic heterocycles. The van der Waals surface area contributed by atoms with Gasteiger partial charge in [0.15, 0.2) is 0 Å². The number of aromatic nitrogens is 2. The summed E-state index contributed by atoms with van der Waals surface area (Å²) in [7, 11) is 0. The molecule has 0 aliphatic rings. The van der Waals surface area contributed by atoms with E-state index in [0.717, 1.165) is 41.1 Å². The molecule has 2 aromatic rings. The molecule has 0 fully saturated rings. The second-order valence-electron chi connectivity index (χ2n) is 5.11. The summed E-state index contributed by atoms with van der Waals surface area (Å²) in [5.41, 5.74) is 9.28. The zero-order valence-corrected chi connectivity index (χ0v) is 12.5. The molecule has 0 saturated carbocycles. The molecule has 0 aliphatic carbocycles. The van der Waals surface area contributed by atoms with E-state index in [1.54, 1.807) is 0 Å². The Balaban J connectivity index is 2.55. The number of rotatable bonds is 6. The lowest BCUT2D eigenvalue weighted by Crippen LogP contribution is -2.16. The number of nitrogens with two attached hydrogens (primary N) is 1. The van der Waals surface area contributed by atoms with Gasteiger partial charge in [-0.2, -0.15) is 0 Å². The van der Waals surface area contributed by atoms with E-state index < -0.39 is 0 Å². The molecule has 0 saturated heterocycles. The highest BCUT2D eigenvalue weighted by atomic mass is 16.5. The Bertz CT molecular complexity index is 615. The normalized spacial score (nSPS) is 12.6. The van der Waals surface area contributed by atoms with Crippen LogP contribution in [-0.4, -0.2) is 16.2 Å². The summed E-state index contributed by atoms with van der Waals surface area (Å²) in [5.74, 6) is 1.76. The number of benzene rings is 1. The van der Waals surface area contributed by atoms with E-state index in [0.29, 0.717) is 6.61 Å². The monoisotopic (exact) mass is 273 g/mol. The molecule has 2 N–H and O–H groups in total. The van der Waals surface area contributed by atoms with Gasteiger partial charge in [0.1, 0.15) is 11.6 Å². The molecular formula is C16H23N3O. The lowest BCUT2D eigenvalue weighted by molar-refractivity contribution is 0.340. The summed E-state index contributed by atoms with van der Waals surface area (Å²) < 4.78 is 7.69. The van der Waals surface area contributed by atoms with Crippen LogP contribution in [0.25, 0.3) is 11.0 Å². The number of allylic oxidation sites excluding steroid dienone is 1. The standard InChI is InChI=1S/C16H23N3O/c1-5-13(17)16-18-14-9-12(20-6-2)7-8-15(14)19(16)10-11(3)4/h7-9,13H,3,5-6,10,17H2,1-2,4H3. The summed E-state index contributed by atoms with van der Waals surface area (Å²) in [6.07, 6.45) is 0.859. The molecular weight excluding hydrogens is 250 g/mol. The van der Waals surface area contributed by atoms with E-state index >= 15 is 0 Å². The zero-order chi connectivity index (χ0) is 14.7. The second kappa shape index (κ2) is 6.09. The maximum Gasteiger partial charge on any atom is 0.127 e. The lowest BCUT2D eigenvalue weighted by atomic mass is 10.2. The van der Waals surface area contributed by atoms with Crippen molar-refractivity contribution >= 4 is 11.0 Å². The van der Waals surface area contributed by atoms with Crippen LogP contribution in [0.5, 0.6) is 5.75 Å². The van der Waals surface area contributed by atoms with Crippen molar-refractivity contribution in [1.82, 2.24) is 9.55 Å². The predicted molar refractivity (Wildman–Crippen MR) is 82.9 cm³/mol. The van der Waals surface area contributed by atoms with Crippen molar-refractivity contribution in [2.75, 3.05) is 6.61 Å². The molecule has 0 aliphatic heterocycles. The first kappa shape index (κ1) is 14.6. The van der Waals surface area contributed by atoms with Crippen LogP contribution in [0.2, 0.25) is 0 Å². The third kappa shape index (κ3) is 2.85. The number of hydrogen-bond donors (Lipinski definition) is 1. The quantitative estimate of drug-likeness (QED) is 0.820. The van der Waals surface area contributed by atoms with Crippen molar-refractivity contribution in [1.29, 1.82) is 0 Å².